The van der Waals surface area contributed by atoms with Gasteiger partial charge < -0.3 is 10.5 Å². The molecule has 3 N–H and O–H groups in total. The standard InChI is InChI=1S/C9H10N4O/c1-14-8-4-2-7(3-5-8)13-9(11)12-6-10/h2-5H,1H3,(H3,11,12,13). The van der Waals surface area contributed by atoms with Gasteiger partial charge in [-0.1, -0.05) is 0 Å². The lowest BCUT2D eigenvalue weighted by molar-refractivity contribution is 0.415. The molecule has 0 unspecified atom stereocenters. The molecule has 0 spiro atoms. The van der Waals surface area contributed by atoms with E-state index >= 15 is 0 Å². The summed E-state index contributed by atoms with van der Waals surface area (Å²) in [6.07, 6.45) is 1.68. The topological polar surface area (TPSA) is 83.4 Å². The van der Waals surface area contributed by atoms with E-state index in [4.69, 9.17) is 15.7 Å². The number of ether oxygens (including phenoxy) is 1. The molecule has 1 rings (SSSR count). The van der Waals surface area contributed by atoms with Gasteiger partial charge in [0.1, 0.15) is 5.75 Å². The molecule has 0 aliphatic carbocycles. The molecule has 0 atom stereocenters. The van der Waals surface area contributed by atoms with E-state index < -0.39 is 0 Å². The fraction of sp³-hybridized carbons (Fsp3) is 0.111. The highest BCUT2D eigenvalue weighted by atomic mass is 16.5. The molecule has 0 fully saturated rings. The van der Waals surface area contributed by atoms with Gasteiger partial charge in [-0.3, -0.25) is 5.32 Å². The largest absolute Gasteiger partial charge is 0.497 e. The molecule has 0 aliphatic rings. The van der Waals surface area contributed by atoms with Crippen molar-refractivity contribution in [1.29, 1.82) is 5.26 Å². The van der Waals surface area contributed by atoms with Gasteiger partial charge in [0.15, 0.2) is 6.19 Å². The van der Waals surface area contributed by atoms with Crippen LogP contribution in [0, 0.1) is 11.5 Å². The molecule has 14 heavy (non-hydrogen) atoms. The molecule has 1 aromatic carbocycles. The maximum atomic E-state index is 8.25. The van der Waals surface area contributed by atoms with Gasteiger partial charge in [0, 0.05) is 0 Å². The first-order valence-electron chi connectivity index (χ1n) is 3.89. The lowest BCUT2D eigenvalue weighted by Crippen LogP contribution is -2.26. The summed E-state index contributed by atoms with van der Waals surface area (Å²) in [5.41, 5.74) is 6.03. The number of nitrogens with two attached hydrogens (primary N) is 1. The molecule has 0 saturated heterocycles. The van der Waals surface area contributed by atoms with Crippen LogP contribution in [-0.4, -0.2) is 13.1 Å². The van der Waals surface area contributed by atoms with Crippen molar-refractivity contribution in [2.45, 2.75) is 0 Å². The second-order valence-electron chi connectivity index (χ2n) is 2.43. The molecule has 5 heteroatoms. The van der Waals surface area contributed by atoms with Gasteiger partial charge in [-0.25, -0.2) is 4.99 Å². The van der Waals surface area contributed by atoms with E-state index in [0.717, 1.165) is 5.75 Å². The summed E-state index contributed by atoms with van der Waals surface area (Å²) >= 11 is 0. The van der Waals surface area contributed by atoms with Gasteiger partial charge in [-0.05, 0) is 24.3 Å². The zero-order chi connectivity index (χ0) is 10.4. The summed E-state index contributed by atoms with van der Waals surface area (Å²) in [6, 6.07) is 7.01. The predicted octanol–water partition coefficient (Wildman–Crippen LogP) is 0.712. The van der Waals surface area contributed by atoms with E-state index in [9.17, 15) is 0 Å². The number of methoxy groups -OCH3 is 1. The molecule has 0 aromatic heterocycles. The van der Waals surface area contributed by atoms with Crippen LogP contribution in [0.4, 0.5) is 5.69 Å². The molecular formula is C9H10N4O. The molecule has 0 aliphatic heterocycles. The van der Waals surface area contributed by atoms with Crippen LogP contribution in [0.2, 0.25) is 0 Å². The molecule has 72 valence electrons. The first-order chi connectivity index (χ1) is 6.76. The number of hydrogen-bond donors (Lipinski definition) is 2. The maximum Gasteiger partial charge on any atom is 0.207 e. The number of nitrogens with zero attached hydrogens (tertiary/aromatic N) is 2. The number of aliphatic imine (C=N–C) groups is 1. The molecule has 0 heterocycles. The Morgan fingerprint density at radius 2 is 2.14 bits per heavy atom. The summed E-state index contributed by atoms with van der Waals surface area (Å²) in [5.74, 6) is 0.813. The first kappa shape index (κ1) is 9.86. The second kappa shape index (κ2) is 4.72. The van der Waals surface area contributed by atoms with Crippen LogP contribution >= 0.6 is 0 Å². The third kappa shape index (κ3) is 2.68. The average molecular weight is 190 g/mol. The minimum Gasteiger partial charge on any atom is -0.497 e. The zero-order valence-corrected chi connectivity index (χ0v) is 7.69. The third-order valence-electron chi connectivity index (χ3n) is 1.51. The molecule has 5 nitrogen and oxygen atoms in total. The zero-order valence-electron chi connectivity index (χ0n) is 7.69. The molecule has 0 radical (unpaired) electrons. The van der Waals surface area contributed by atoms with Crippen LogP contribution in [0.25, 0.3) is 0 Å². The van der Waals surface area contributed by atoms with Crippen molar-refractivity contribution >= 4 is 11.6 Å². The van der Waals surface area contributed by atoms with Crippen molar-refractivity contribution in [2.24, 2.45) is 10.7 Å². The Bertz CT molecular complexity index is 363. The SMILES string of the molecule is COc1ccc(N=C(N)NC#N)cc1. The van der Waals surface area contributed by atoms with Crippen LogP contribution in [0.15, 0.2) is 29.3 Å². The molecule has 0 bridgehead atoms. The fourth-order valence-electron chi connectivity index (χ4n) is 0.881. The predicted molar refractivity (Wildman–Crippen MR) is 53.0 cm³/mol. The van der Waals surface area contributed by atoms with Crippen molar-refractivity contribution in [3.63, 3.8) is 0 Å². The number of hydrogen-bond acceptors (Lipinski definition) is 3. The minimum absolute atomic E-state index is 0.0673. The monoisotopic (exact) mass is 190 g/mol. The molecule has 0 saturated carbocycles. The fourth-order valence-corrected chi connectivity index (χ4v) is 0.881. The first-order valence-corrected chi connectivity index (χ1v) is 3.89. The lowest BCUT2D eigenvalue weighted by Gasteiger charge is -1.99. The van der Waals surface area contributed by atoms with Crippen molar-refractivity contribution in [1.82, 2.24) is 5.32 Å². The van der Waals surface area contributed by atoms with Gasteiger partial charge in [0.25, 0.3) is 0 Å². The Kier molecular flexibility index (Phi) is 3.33. The van der Waals surface area contributed by atoms with Gasteiger partial charge in [0.2, 0.25) is 5.96 Å². The molecule has 0 amide bonds. The van der Waals surface area contributed by atoms with Crippen LogP contribution in [0.5, 0.6) is 5.75 Å². The second-order valence-corrected chi connectivity index (χ2v) is 2.43. The number of nitriles is 1. The highest BCUT2D eigenvalue weighted by molar-refractivity contribution is 5.82. The van der Waals surface area contributed by atoms with Crippen molar-refractivity contribution < 1.29 is 4.74 Å². The van der Waals surface area contributed by atoms with E-state index in [1.54, 1.807) is 37.6 Å². The number of benzene rings is 1. The van der Waals surface area contributed by atoms with E-state index in [2.05, 4.69) is 10.3 Å². The lowest BCUT2D eigenvalue weighted by atomic mass is 10.3. The van der Waals surface area contributed by atoms with E-state index in [1.807, 2.05) is 0 Å². The Morgan fingerprint density at radius 3 is 2.64 bits per heavy atom. The van der Waals surface area contributed by atoms with Crippen LogP contribution < -0.4 is 15.8 Å². The van der Waals surface area contributed by atoms with E-state index in [-0.39, 0.29) is 5.96 Å². The highest BCUT2D eigenvalue weighted by Gasteiger charge is 1.93. The van der Waals surface area contributed by atoms with E-state index in [1.165, 1.54) is 0 Å². The maximum absolute atomic E-state index is 8.25. The third-order valence-corrected chi connectivity index (χ3v) is 1.51. The average Bonchev–Trinajstić information content (AvgIpc) is 2.19. The van der Waals surface area contributed by atoms with Crippen LogP contribution in [0.1, 0.15) is 0 Å². The normalized spacial score (nSPS) is 10.4. The Morgan fingerprint density at radius 1 is 1.50 bits per heavy atom. The van der Waals surface area contributed by atoms with Crippen LogP contribution in [-0.2, 0) is 0 Å². The van der Waals surface area contributed by atoms with Gasteiger partial charge in [0.05, 0.1) is 12.8 Å². The molecular weight excluding hydrogens is 180 g/mol. The summed E-state index contributed by atoms with van der Waals surface area (Å²) in [7, 11) is 1.59. The number of rotatable bonds is 2. The summed E-state index contributed by atoms with van der Waals surface area (Å²) in [6.45, 7) is 0. The smallest absolute Gasteiger partial charge is 0.207 e. The van der Waals surface area contributed by atoms with Crippen molar-refractivity contribution in [2.75, 3.05) is 7.11 Å². The van der Waals surface area contributed by atoms with Gasteiger partial charge >= 0.3 is 0 Å². The Hall–Kier alpha value is -2.22. The summed E-state index contributed by atoms with van der Waals surface area (Å²) in [4.78, 5) is 3.93. The number of guanidine groups is 1. The van der Waals surface area contributed by atoms with E-state index in [0.29, 0.717) is 5.69 Å². The number of nitrogens with one attached hydrogen (secondary N) is 1. The highest BCUT2D eigenvalue weighted by Crippen LogP contribution is 2.17. The quantitative estimate of drug-likeness (QED) is 0.311. The van der Waals surface area contributed by atoms with Gasteiger partial charge in [-0.2, -0.15) is 5.26 Å². The Balaban J connectivity index is 2.78. The summed E-state index contributed by atoms with van der Waals surface area (Å²) in [5, 5.41) is 10.5. The summed E-state index contributed by atoms with van der Waals surface area (Å²) < 4.78 is 4.97. The van der Waals surface area contributed by atoms with Crippen LogP contribution in [0.3, 0.4) is 0 Å². The van der Waals surface area contributed by atoms with Crippen molar-refractivity contribution in [3.05, 3.63) is 24.3 Å². The molecule has 1 aromatic rings. The van der Waals surface area contributed by atoms with Gasteiger partial charge in [-0.15, -0.1) is 0 Å². The van der Waals surface area contributed by atoms with Crippen molar-refractivity contribution in [3.8, 4) is 11.9 Å². The minimum atomic E-state index is 0.0673. The Labute approximate surface area is 81.8 Å².